The van der Waals surface area contributed by atoms with Crippen molar-refractivity contribution < 1.29 is 4.79 Å². The van der Waals surface area contributed by atoms with E-state index < -0.39 is 0 Å². The first kappa shape index (κ1) is 5.22. The van der Waals surface area contributed by atoms with E-state index in [0.717, 1.165) is 0 Å². The van der Waals surface area contributed by atoms with Crippen LogP contribution in [0.4, 0.5) is 0 Å². The largest absolute Gasteiger partial charge is 0.381 e. The quantitative estimate of drug-likeness (QED) is 0.344. The Morgan fingerprint density at radius 1 is 1.88 bits per heavy atom. The second kappa shape index (κ2) is 1.90. The summed E-state index contributed by atoms with van der Waals surface area (Å²) in [6.45, 7) is 0. The second-order valence-corrected chi connectivity index (χ2v) is 1.53. The zero-order valence-electron chi connectivity index (χ0n) is 3.84. The van der Waals surface area contributed by atoms with Crippen molar-refractivity contribution >= 4 is 35.1 Å². The summed E-state index contributed by atoms with van der Waals surface area (Å²) in [6, 6.07) is 0. The monoisotopic (exact) mass is 129 g/mol. The number of aliphatic imine (C=N–C) groups is 1. The van der Waals surface area contributed by atoms with Gasteiger partial charge in [-0.1, -0.05) is 0 Å². The van der Waals surface area contributed by atoms with Gasteiger partial charge in [-0.3, -0.25) is 4.79 Å². The Morgan fingerprint density at radius 3 is 2.88 bits per heavy atom. The van der Waals surface area contributed by atoms with Gasteiger partial charge in [0.2, 0.25) is 6.29 Å². The number of carbonyl (C=O) groups excluding carboxylic acids is 1. The first-order valence-electron chi connectivity index (χ1n) is 1.93. The van der Waals surface area contributed by atoms with E-state index in [2.05, 4.69) is 9.66 Å². The molecule has 1 aliphatic heterocycles. The van der Waals surface area contributed by atoms with Gasteiger partial charge in [-0.15, -0.1) is 0 Å². The Kier molecular flexibility index (Phi) is 1.24. The molecule has 0 unspecified atom stereocenters. The molecular formula is C4H2ClN2O+. The molecule has 1 heterocycles. The lowest BCUT2D eigenvalue weighted by atomic mass is 10.5. The summed E-state index contributed by atoms with van der Waals surface area (Å²) < 4.78 is 3.51. The fraction of sp³-hybridized carbons (Fsp3) is 0. The van der Waals surface area contributed by atoms with Gasteiger partial charge in [0.15, 0.2) is 0 Å². The maximum atomic E-state index is 9.90. The summed E-state index contributed by atoms with van der Waals surface area (Å²) in [7, 11) is 0. The minimum atomic E-state index is 0.167. The van der Waals surface area contributed by atoms with Crippen LogP contribution in [0, 0.1) is 0 Å². The molecule has 8 heavy (non-hydrogen) atoms. The predicted octanol–water partition coefficient (Wildman–Crippen LogP) is -0.627. The van der Waals surface area contributed by atoms with E-state index >= 15 is 0 Å². The number of nitrogens with zero attached hydrogens (tertiary/aromatic N) is 2. The molecule has 1 rings (SSSR count). The van der Waals surface area contributed by atoms with Crippen molar-refractivity contribution in [1.29, 1.82) is 0 Å². The average molecular weight is 130 g/mol. The number of carbonyl (C=O) groups is 1. The van der Waals surface area contributed by atoms with Crippen LogP contribution >= 0.6 is 11.6 Å². The van der Waals surface area contributed by atoms with Crippen LogP contribution in [0.15, 0.2) is 4.99 Å². The molecule has 0 aromatic heterocycles. The molecule has 0 spiro atoms. The van der Waals surface area contributed by atoms with Crippen LogP contribution in [-0.4, -0.2) is 23.5 Å². The molecule has 3 nitrogen and oxygen atoms in total. The van der Waals surface area contributed by atoms with Gasteiger partial charge in [0.1, 0.15) is 0 Å². The Morgan fingerprint density at radius 2 is 2.62 bits per heavy atom. The van der Waals surface area contributed by atoms with E-state index in [9.17, 15) is 4.79 Å². The van der Waals surface area contributed by atoms with Crippen molar-refractivity contribution in [1.82, 2.24) is 4.67 Å². The predicted molar refractivity (Wildman–Crippen MR) is 32.6 cm³/mol. The van der Waals surface area contributed by atoms with Gasteiger partial charge < -0.3 is 0 Å². The summed E-state index contributed by atoms with van der Waals surface area (Å²) in [5.41, 5.74) is 0.201. The van der Waals surface area contributed by atoms with Gasteiger partial charge in [0.05, 0.1) is 0 Å². The van der Waals surface area contributed by atoms with E-state index in [1.54, 1.807) is 0 Å². The number of halogens is 1. The molecular weight excluding hydrogens is 128 g/mol. The van der Waals surface area contributed by atoms with Crippen molar-refractivity contribution in [3.8, 4) is 0 Å². The Balaban J connectivity index is 2.93. The van der Waals surface area contributed by atoms with Gasteiger partial charge in [-0.2, -0.15) is 4.67 Å². The highest BCUT2D eigenvalue weighted by Gasteiger charge is 2.18. The number of hydrogen-bond acceptors (Lipinski definition) is 2. The van der Waals surface area contributed by atoms with Crippen molar-refractivity contribution in [2.45, 2.75) is 0 Å². The third-order valence-corrected chi connectivity index (χ3v) is 0.982. The maximum Gasteiger partial charge on any atom is 0.381 e. The minimum Gasteiger partial charge on any atom is -0.293 e. The highest BCUT2D eigenvalue weighted by atomic mass is 35.5. The third-order valence-electron chi connectivity index (χ3n) is 0.691. The lowest BCUT2D eigenvalue weighted by Crippen LogP contribution is -2.06. The first-order chi connectivity index (χ1) is 3.84. The van der Waals surface area contributed by atoms with E-state index in [1.165, 1.54) is 6.34 Å². The molecule has 0 saturated heterocycles. The third kappa shape index (κ3) is 0.689. The molecule has 0 aliphatic carbocycles. The second-order valence-electron chi connectivity index (χ2n) is 1.17. The Bertz CT molecular complexity index is 212. The van der Waals surface area contributed by atoms with Gasteiger partial charge in [0, 0.05) is 0 Å². The summed E-state index contributed by atoms with van der Waals surface area (Å²) in [4.78, 5) is 13.4. The van der Waals surface area contributed by atoms with Gasteiger partial charge in [-0.05, 0) is 16.6 Å². The summed E-state index contributed by atoms with van der Waals surface area (Å²) in [5, 5.41) is 0.167. The SMILES string of the molecule is O=CC1=NC=[N+]=C1Cl. The fourth-order valence-corrected chi connectivity index (χ4v) is 0.477. The highest BCUT2D eigenvalue weighted by molar-refractivity contribution is 6.91. The molecule has 0 aromatic carbocycles. The lowest BCUT2D eigenvalue weighted by Gasteiger charge is -1.65. The lowest BCUT2D eigenvalue weighted by molar-refractivity contribution is -0.102. The zero-order chi connectivity index (χ0) is 5.98. The molecule has 0 aromatic rings. The number of hydrogen-bond donors (Lipinski definition) is 0. The Hall–Kier alpha value is -0.920. The number of aldehydes is 1. The van der Waals surface area contributed by atoms with Crippen molar-refractivity contribution in [2.75, 3.05) is 0 Å². The normalized spacial score (nSPS) is 15.6. The van der Waals surface area contributed by atoms with E-state index in [0.29, 0.717) is 6.29 Å². The maximum absolute atomic E-state index is 9.90. The van der Waals surface area contributed by atoms with Crippen LogP contribution in [0.5, 0.6) is 0 Å². The minimum absolute atomic E-state index is 0.167. The summed E-state index contributed by atoms with van der Waals surface area (Å²) in [5.74, 6) is 0. The van der Waals surface area contributed by atoms with E-state index in [4.69, 9.17) is 11.6 Å². The molecule has 0 fully saturated rings. The highest BCUT2D eigenvalue weighted by Crippen LogP contribution is 1.85. The van der Waals surface area contributed by atoms with Crippen LogP contribution in [0.25, 0.3) is 0 Å². The number of rotatable bonds is 1. The molecule has 0 saturated carbocycles. The van der Waals surface area contributed by atoms with Crippen LogP contribution in [0.1, 0.15) is 0 Å². The first-order valence-corrected chi connectivity index (χ1v) is 2.30. The Labute approximate surface area is 50.4 Å². The van der Waals surface area contributed by atoms with Crippen LogP contribution in [0.2, 0.25) is 0 Å². The van der Waals surface area contributed by atoms with Crippen LogP contribution < -0.4 is 4.67 Å². The van der Waals surface area contributed by atoms with Gasteiger partial charge in [0.25, 0.3) is 5.71 Å². The molecule has 0 radical (unpaired) electrons. The summed E-state index contributed by atoms with van der Waals surface area (Å²) >= 11 is 5.34. The van der Waals surface area contributed by atoms with E-state index in [-0.39, 0.29) is 10.9 Å². The van der Waals surface area contributed by atoms with Crippen molar-refractivity contribution in [3.63, 3.8) is 0 Å². The van der Waals surface area contributed by atoms with Crippen LogP contribution in [-0.2, 0) is 4.79 Å². The molecule has 0 amide bonds. The smallest absolute Gasteiger partial charge is 0.293 e. The molecule has 1 aliphatic rings. The van der Waals surface area contributed by atoms with Crippen molar-refractivity contribution in [3.05, 3.63) is 0 Å². The van der Waals surface area contributed by atoms with E-state index in [1.807, 2.05) is 0 Å². The molecule has 40 valence electrons. The van der Waals surface area contributed by atoms with Crippen LogP contribution in [0.3, 0.4) is 0 Å². The summed E-state index contributed by atoms with van der Waals surface area (Å²) in [6.07, 6.45) is 1.81. The van der Waals surface area contributed by atoms with Gasteiger partial charge in [-0.25, -0.2) is 0 Å². The zero-order valence-corrected chi connectivity index (χ0v) is 4.59. The molecule has 0 atom stereocenters. The van der Waals surface area contributed by atoms with Gasteiger partial charge >= 0.3 is 11.5 Å². The topological polar surface area (TPSA) is 43.5 Å². The van der Waals surface area contributed by atoms with Crippen molar-refractivity contribution in [2.24, 2.45) is 4.99 Å². The average Bonchev–Trinajstić information content (AvgIpc) is 2.14. The molecule has 0 bridgehead atoms. The standard InChI is InChI=1S/C4H2ClN2O/c5-4-3(1-8)6-2-7-4/h1-2H/q+1. The fourth-order valence-electron chi connectivity index (χ4n) is 0.340. The molecule has 0 N–H and O–H groups in total. The molecule has 4 heteroatoms.